The molecule has 1 aliphatic rings. The van der Waals surface area contributed by atoms with E-state index in [9.17, 15) is 9.59 Å². The van der Waals surface area contributed by atoms with Gasteiger partial charge in [0.1, 0.15) is 5.78 Å². The fourth-order valence-electron chi connectivity index (χ4n) is 3.58. The number of aromatic nitrogens is 2. The Kier molecular flexibility index (Phi) is 4.87. The molecule has 4 nitrogen and oxygen atoms in total. The summed E-state index contributed by atoms with van der Waals surface area (Å²) in [5, 5.41) is 1.08. The smallest absolute Gasteiger partial charge is 0.266 e. The van der Waals surface area contributed by atoms with Gasteiger partial charge in [0, 0.05) is 6.42 Å². The molecule has 0 bridgehead atoms. The fourth-order valence-corrected chi connectivity index (χ4v) is 4.81. The molecule has 1 aliphatic carbocycles. The quantitative estimate of drug-likeness (QED) is 0.625. The third-order valence-corrected chi connectivity index (χ3v) is 6.58. The van der Waals surface area contributed by atoms with Crippen molar-refractivity contribution >= 4 is 28.4 Å². The molecule has 1 fully saturated rings. The van der Waals surface area contributed by atoms with E-state index in [1.807, 2.05) is 56.3 Å². The number of fused-ring (bicyclic) bond motifs is 1. The predicted octanol–water partition coefficient (Wildman–Crippen LogP) is 4.61. The molecule has 0 radical (unpaired) electrons. The monoisotopic (exact) mass is 378 g/mol. The highest BCUT2D eigenvalue weighted by Gasteiger charge is 2.26. The third kappa shape index (κ3) is 3.32. The van der Waals surface area contributed by atoms with E-state index >= 15 is 0 Å². The highest BCUT2D eigenvalue weighted by Crippen LogP contribution is 2.32. The summed E-state index contributed by atoms with van der Waals surface area (Å²) in [5.41, 5.74) is 3.60. The number of carbonyl (C=O) groups excluding carboxylic acids is 1. The SMILES string of the molecule is Cc1cccc(-n2c(S[C@H]3CCCCC3=O)nc3ccccc3c2=O)c1C. The molecule has 1 heterocycles. The summed E-state index contributed by atoms with van der Waals surface area (Å²) < 4.78 is 1.69. The van der Waals surface area contributed by atoms with Crippen LogP contribution in [0.3, 0.4) is 0 Å². The lowest BCUT2D eigenvalue weighted by atomic mass is 9.99. The fraction of sp³-hybridized carbons (Fsp3) is 0.318. The van der Waals surface area contributed by atoms with E-state index in [0.29, 0.717) is 22.5 Å². The zero-order chi connectivity index (χ0) is 19.0. The highest BCUT2D eigenvalue weighted by atomic mass is 32.2. The van der Waals surface area contributed by atoms with Gasteiger partial charge in [0.2, 0.25) is 0 Å². The number of carbonyl (C=O) groups is 1. The van der Waals surface area contributed by atoms with Gasteiger partial charge in [0.25, 0.3) is 5.56 Å². The Bertz CT molecular complexity index is 1090. The standard InChI is InChI=1S/C22H22N2O2S/c1-14-8-7-11-18(15(14)2)24-21(26)16-9-3-4-10-17(16)23-22(24)27-20-13-6-5-12-19(20)25/h3-4,7-11,20H,5-6,12-13H2,1-2H3/t20-/m0/s1. The van der Waals surface area contributed by atoms with Crippen LogP contribution in [0.4, 0.5) is 0 Å². The van der Waals surface area contributed by atoms with Crippen LogP contribution in [0.1, 0.15) is 36.8 Å². The highest BCUT2D eigenvalue weighted by molar-refractivity contribution is 8.00. The molecule has 1 saturated carbocycles. The van der Waals surface area contributed by atoms with Crippen molar-refractivity contribution in [2.24, 2.45) is 0 Å². The molecule has 1 atom stereocenters. The first-order chi connectivity index (χ1) is 13.1. The average molecular weight is 378 g/mol. The van der Waals surface area contributed by atoms with Crippen LogP contribution >= 0.6 is 11.8 Å². The molecule has 1 aromatic heterocycles. The molecule has 4 rings (SSSR count). The molecule has 0 N–H and O–H groups in total. The van der Waals surface area contributed by atoms with Gasteiger partial charge in [-0.25, -0.2) is 4.98 Å². The number of aryl methyl sites for hydroxylation is 1. The summed E-state index contributed by atoms with van der Waals surface area (Å²) in [5.74, 6) is 0.265. The van der Waals surface area contributed by atoms with E-state index in [0.717, 1.165) is 36.1 Å². The Balaban J connectivity index is 1.94. The van der Waals surface area contributed by atoms with Gasteiger partial charge >= 0.3 is 0 Å². The number of hydrogen-bond donors (Lipinski definition) is 0. The second-order valence-corrected chi connectivity index (χ2v) is 8.26. The summed E-state index contributed by atoms with van der Waals surface area (Å²) in [6, 6.07) is 13.4. The molecule has 0 unspecified atom stereocenters. The topological polar surface area (TPSA) is 52.0 Å². The molecule has 3 aromatic rings. The number of rotatable bonds is 3. The molecule has 0 aliphatic heterocycles. The van der Waals surface area contributed by atoms with Gasteiger partial charge in [0.15, 0.2) is 5.16 Å². The van der Waals surface area contributed by atoms with Crippen molar-refractivity contribution in [2.75, 3.05) is 0 Å². The Hall–Kier alpha value is -2.40. The number of thioether (sulfide) groups is 1. The van der Waals surface area contributed by atoms with Gasteiger partial charge in [-0.1, -0.05) is 42.4 Å². The minimum absolute atomic E-state index is 0.0833. The average Bonchev–Trinajstić information content (AvgIpc) is 2.67. The van der Waals surface area contributed by atoms with Crippen LogP contribution in [0.25, 0.3) is 16.6 Å². The zero-order valence-electron chi connectivity index (χ0n) is 15.6. The number of hydrogen-bond acceptors (Lipinski definition) is 4. The molecule has 0 saturated heterocycles. The van der Waals surface area contributed by atoms with Crippen LogP contribution in [0.2, 0.25) is 0 Å². The van der Waals surface area contributed by atoms with Gasteiger partial charge in [-0.3, -0.25) is 14.2 Å². The summed E-state index contributed by atoms with van der Waals surface area (Å²) in [6.07, 6.45) is 3.48. The van der Waals surface area contributed by atoms with Crippen molar-refractivity contribution in [1.82, 2.24) is 9.55 Å². The second-order valence-electron chi connectivity index (χ2n) is 7.09. The van der Waals surface area contributed by atoms with Gasteiger partial charge in [-0.05, 0) is 56.0 Å². The largest absolute Gasteiger partial charge is 0.298 e. The Morgan fingerprint density at radius 3 is 2.67 bits per heavy atom. The zero-order valence-corrected chi connectivity index (χ0v) is 16.4. The van der Waals surface area contributed by atoms with Crippen LogP contribution in [-0.2, 0) is 4.79 Å². The normalized spacial score (nSPS) is 17.4. The van der Waals surface area contributed by atoms with E-state index < -0.39 is 0 Å². The van der Waals surface area contributed by atoms with Gasteiger partial charge in [-0.2, -0.15) is 0 Å². The molecule has 27 heavy (non-hydrogen) atoms. The maximum absolute atomic E-state index is 13.4. The van der Waals surface area contributed by atoms with Crippen LogP contribution in [0, 0.1) is 13.8 Å². The lowest BCUT2D eigenvalue weighted by Gasteiger charge is -2.22. The maximum atomic E-state index is 13.4. The molecule has 138 valence electrons. The molecule has 0 amide bonds. The Labute approximate surface area is 162 Å². The van der Waals surface area contributed by atoms with Crippen LogP contribution in [0.15, 0.2) is 52.4 Å². The lowest BCUT2D eigenvalue weighted by molar-refractivity contribution is -0.119. The van der Waals surface area contributed by atoms with Crippen molar-refractivity contribution in [3.05, 3.63) is 63.9 Å². The summed E-state index contributed by atoms with van der Waals surface area (Å²) >= 11 is 1.44. The molecular weight excluding hydrogens is 356 g/mol. The first-order valence-corrected chi connectivity index (χ1v) is 10.2. The first-order valence-electron chi connectivity index (χ1n) is 9.34. The van der Waals surface area contributed by atoms with Crippen LogP contribution in [0.5, 0.6) is 0 Å². The van der Waals surface area contributed by atoms with Crippen molar-refractivity contribution in [2.45, 2.75) is 49.9 Å². The van der Waals surface area contributed by atoms with Crippen molar-refractivity contribution in [3.8, 4) is 5.69 Å². The maximum Gasteiger partial charge on any atom is 0.266 e. The van der Waals surface area contributed by atoms with E-state index in [2.05, 4.69) is 0 Å². The number of benzene rings is 2. The summed E-state index contributed by atoms with van der Waals surface area (Å²) in [6.45, 7) is 4.06. The van der Waals surface area contributed by atoms with Gasteiger partial charge in [-0.15, -0.1) is 0 Å². The van der Waals surface area contributed by atoms with Gasteiger partial charge in [0.05, 0.1) is 21.8 Å². The summed E-state index contributed by atoms with van der Waals surface area (Å²) in [7, 11) is 0. The number of nitrogens with zero attached hydrogens (tertiary/aromatic N) is 2. The number of ketones is 1. The van der Waals surface area contributed by atoms with E-state index in [1.165, 1.54) is 11.8 Å². The predicted molar refractivity (Wildman–Crippen MR) is 110 cm³/mol. The van der Waals surface area contributed by atoms with Crippen molar-refractivity contribution in [3.63, 3.8) is 0 Å². The van der Waals surface area contributed by atoms with E-state index in [-0.39, 0.29) is 16.6 Å². The summed E-state index contributed by atoms with van der Waals surface area (Å²) in [4.78, 5) is 30.5. The minimum atomic E-state index is -0.122. The van der Waals surface area contributed by atoms with E-state index in [1.54, 1.807) is 4.57 Å². The molecule has 5 heteroatoms. The van der Waals surface area contributed by atoms with Crippen LogP contribution < -0.4 is 5.56 Å². The third-order valence-electron chi connectivity index (χ3n) is 5.31. The minimum Gasteiger partial charge on any atom is -0.298 e. The van der Waals surface area contributed by atoms with E-state index in [4.69, 9.17) is 4.98 Å². The lowest BCUT2D eigenvalue weighted by Crippen LogP contribution is -2.26. The molecule has 2 aromatic carbocycles. The Morgan fingerprint density at radius 1 is 1.04 bits per heavy atom. The van der Waals surface area contributed by atoms with Crippen LogP contribution in [-0.4, -0.2) is 20.6 Å². The van der Waals surface area contributed by atoms with Crippen molar-refractivity contribution < 1.29 is 4.79 Å². The Morgan fingerprint density at radius 2 is 1.85 bits per heavy atom. The number of Topliss-reactive ketones (excluding diaryl/α,β-unsaturated/α-hetero) is 1. The number of para-hydroxylation sites is 1. The molecule has 0 spiro atoms. The van der Waals surface area contributed by atoms with Gasteiger partial charge < -0.3 is 0 Å². The molecular formula is C22H22N2O2S. The van der Waals surface area contributed by atoms with Crippen molar-refractivity contribution in [1.29, 1.82) is 0 Å². The first kappa shape index (κ1) is 18.0. The second kappa shape index (κ2) is 7.31.